The molecule has 106 valence electrons. The molecule has 0 aliphatic carbocycles. The van der Waals surface area contributed by atoms with Crippen molar-refractivity contribution in [2.45, 2.75) is 32.2 Å². The fourth-order valence-corrected chi connectivity index (χ4v) is 2.95. The summed E-state index contributed by atoms with van der Waals surface area (Å²) in [5, 5.41) is 3.43. The van der Waals surface area contributed by atoms with Gasteiger partial charge in [-0.05, 0) is 70.8 Å². The van der Waals surface area contributed by atoms with Gasteiger partial charge in [0.2, 0.25) is 0 Å². The third-order valence-corrected chi connectivity index (χ3v) is 4.36. The average Bonchev–Trinajstić information content (AvgIpc) is 2.45. The Morgan fingerprint density at radius 1 is 1.00 bits per heavy atom. The zero-order valence-corrected chi connectivity index (χ0v) is 14.5. The second-order valence-electron chi connectivity index (χ2n) is 5.50. The van der Waals surface area contributed by atoms with Crippen LogP contribution in [0, 0.1) is 3.57 Å². The van der Waals surface area contributed by atoms with E-state index in [1.165, 1.54) is 20.3 Å². The van der Waals surface area contributed by atoms with Crippen molar-refractivity contribution in [3.05, 3.63) is 68.8 Å². The summed E-state index contributed by atoms with van der Waals surface area (Å²) in [6, 6.07) is 18.1. The highest BCUT2D eigenvalue weighted by atomic mass is 127. The molecule has 0 fully saturated rings. The van der Waals surface area contributed by atoms with Crippen LogP contribution in [-0.4, -0.2) is 7.05 Å². The molecule has 0 spiro atoms. The van der Waals surface area contributed by atoms with Gasteiger partial charge in [0.15, 0.2) is 0 Å². The van der Waals surface area contributed by atoms with Gasteiger partial charge in [0.25, 0.3) is 0 Å². The summed E-state index contributed by atoms with van der Waals surface area (Å²) in [4.78, 5) is 0. The molecule has 2 rings (SSSR count). The summed E-state index contributed by atoms with van der Waals surface area (Å²) in [5.41, 5.74) is 4.14. The van der Waals surface area contributed by atoms with Gasteiger partial charge in [-0.15, -0.1) is 0 Å². The van der Waals surface area contributed by atoms with Crippen LogP contribution in [0.25, 0.3) is 0 Å². The summed E-state index contributed by atoms with van der Waals surface area (Å²) >= 11 is 2.37. The van der Waals surface area contributed by atoms with Gasteiger partial charge >= 0.3 is 0 Å². The SMILES string of the molecule is CNC(Cc1ccc(C(C)C)cc1)c1cccc(I)c1. The zero-order valence-electron chi connectivity index (χ0n) is 12.4. The molecule has 0 aliphatic rings. The van der Waals surface area contributed by atoms with E-state index in [9.17, 15) is 0 Å². The lowest BCUT2D eigenvalue weighted by atomic mass is 9.96. The number of hydrogen-bond donors (Lipinski definition) is 1. The first-order valence-electron chi connectivity index (χ1n) is 7.11. The molecule has 0 bridgehead atoms. The van der Waals surface area contributed by atoms with E-state index < -0.39 is 0 Å². The van der Waals surface area contributed by atoms with Crippen LogP contribution in [0.3, 0.4) is 0 Å². The second kappa shape index (κ2) is 7.23. The predicted octanol–water partition coefficient (Wildman–Crippen LogP) is 4.92. The van der Waals surface area contributed by atoms with Crippen molar-refractivity contribution >= 4 is 22.6 Å². The van der Waals surface area contributed by atoms with E-state index in [4.69, 9.17) is 0 Å². The number of rotatable bonds is 5. The van der Waals surface area contributed by atoms with Gasteiger partial charge < -0.3 is 5.32 Å². The van der Waals surface area contributed by atoms with Crippen LogP contribution in [0.1, 0.15) is 42.5 Å². The maximum absolute atomic E-state index is 3.43. The standard InChI is InChI=1S/C18H22IN/c1-13(2)15-9-7-14(8-10-15)11-18(20-3)16-5-4-6-17(19)12-16/h4-10,12-13,18,20H,11H2,1-3H3. The normalized spacial score (nSPS) is 12.7. The number of likely N-dealkylation sites (N-methyl/N-ethyl adjacent to an activating group) is 1. The van der Waals surface area contributed by atoms with Crippen LogP contribution in [-0.2, 0) is 6.42 Å². The first-order valence-corrected chi connectivity index (χ1v) is 8.19. The highest BCUT2D eigenvalue weighted by molar-refractivity contribution is 14.1. The second-order valence-corrected chi connectivity index (χ2v) is 6.74. The fourth-order valence-electron chi connectivity index (χ4n) is 2.38. The van der Waals surface area contributed by atoms with Gasteiger partial charge in [0.1, 0.15) is 0 Å². The van der Waals surface area contributed by atoms with E-state index in [1.807, 2.05) is 7.05 Å². The highest BCUT2D eigenvalue weighted by Gasteiger charge is 2.10. The highest BCUT2D eigenvalue weighted by Crippen LogP contribution is 2.21. The number of nitrogens with one attached hydrogen (secondary N) is 1. The minimum Gasteiger partial charge on any atom is -0.313 e. The molecular formula is C18H22IN. The Labute approximate surface area is 135 Å². The molecular weight excluding hydrogens is 357 g/mol. The molecule has 0 aliphatic heterocycles. The summed E-state index contributed by atoms with van der Waals surface area (Å²) < 4.78 is 1.29. The fraction of sp³-hybridized carbons (Fsp3) is 0.333. The van der Waals surface area contributed by atoms with Crippen molar-refractivity contribution in [2.75, 3.05) is 7.05 Å². The third-order valence-electron chi connectivity index (χ3n) is 3.69. The summed E-state index contributed by atoms with van der Waals surface area (Å²) in [6.07, 6.45) is 1.02. The Hall–Kier alpha value is -0.870. The lowest BCUT2D eigenvalue weighted by Gasteiger charge is -2.17. The topological polar surface area (TPSA) is 12.0 Å². The van der Waals surface area contributed by atoms with Gasteiger partial charge in [-0.1, -0.05) is 50.2 Å². The Balaban J connectivity index is 2.14. The molecule has 1 nitrogen and oxygen atoms in total. The maximum Gasteiger partial charge on any atom is 0.0358 e. The molecule has 20 heavy (non-hydrogen) atoms. The molecule has 2 aromatic carbocycles. The van der Waals surface area contributed by atoms with Crippen LogP contribution in [0.5, 0.6) is 0 Å². The average molecular weight is 379 g/mol. The van der Waals surface area contributed by atoms with Crippen molar-refractivity contribution in [1.82, 2.24) is 5.32 Å². The van der Waals surface area contributed by atoms with E-state index in [2.05, 4.69) is 90.3 Å². The van der Waals surface area contributed by atoms with Crippen LogP contribution in [0.15, 0.2) is 48.5 Å². The number of hydrogen-bond acceptors (Lipinski definition) is 1. The van der Waals surface area contributed by atoms with E-state index >= 15 is 0 Å². The van der Waals surface area contributed by atoms with Crippen molar-refractivity contribution < 1.29 is 0 Å². The summed E-state index contributed by atoms with van der Waals surface area (Å²) in [5.74, 6) is 0.597. The monoisotopic (exact) mass is 379 g/mol. The van der Waals surface area contributed by atoms with Crippen molar-refractivity contribution in [3.63, 3.8) is 0 Å². The molecule has 2 heteroatoms. The molecule has 1 N–H and O–H groups in total. The third kappa shape index (κ3) is 4.06. The van der Waals surface area contributed by atoms with E-state index in [-0.39, 0.29) is 0 Å². The maximum atomic E-state index is 3.43. The van der Waals surface area contributed by atoms with Crippen LogP contribution in [0.2, 0.25) is 0 Å². The van der Waals surface area contributed by atoms with Gasteiger partial charge in [0, 0.05) is 9.61 Å². The lowest BCUT2D eigenvalue weighted by Crippen LogP contribution is -2.18. The predicted molar refractivity (Wildman–Crippen MR) is 95.2 cm³/mol. The Bertz CT molecular complexity index is 546. The van der Waals surface area contributed by atoms with Crippen LogP contribution < -0.4 is 5.32 Å². The largest absolute Gasteiger partial charge is 0.313 e. The molecule has 2 aromatic rings. The summed E-state index contributed by atoms with van der Waals surface area (Å²) in [6.45, 7) is 4.47. The Morgan fingerprint density at radius 2 is 1.70 bits per heavy atom. The van der Waals surface area contributed by atoms with E-state index in [0.29, 0.717) is 12.0 Å². The van der Waals surface area contributed by atoms with Crippen molar-refractivity contribution in [1.29, 1.82) is 0 Å². The first kappa shape index (κ1) is 15.5. The molecule has 1 atom stereocenters. The Kier molecular flexibility index (Phi) is 5.61. The van der Waals surface area contributed by atoms with E-state index in [1.54, 1.807) is 0 Å². The zero-order chi connectivity index (χ0) is 14.5. The molecule has 0 saturated heterocycles. The number of halogens is 1. The van der Waals surface area contributed by atoms with Crippen molar-refractivity contribution in [3.8, 4) is 0 Å². The lowest BCUT2D eigenvalue weighted by molar-refractivity contribution is 0.591. The molecule has 0 radical (unpaired) electrons. The quantitative estimate of drug-likeness (QED) is 0.728. The minimum absolute atomic E-state index is 0.370. The van der Waals surface area contributed by atoms with Gasteiger partial charge in [-0.2, -0.15) is 0 Å². The Morgan fingerprint density at radius 3 is 2.25 bits per heavy atom. The molecule has 0 heterocycles. The van der Waals surface area contributed by atoms with Crippen molar-refractivity contribution in [2.24, 2.45) is 0 Å². The molecule has 0 aromatic heterocycles. The smallest absolute Gasteiger partial charge is 0.0358 e. The van der Waals surface area contributed by atoms with Crippen LogP contribution >= 0.6 is 22.6 Å². The molecule has 1 unspecified atom stereocenters. The molecule has 0 saturated carbocycles. The molecule has 0 amide bonds. The first-order chi connectivity index (χ1) is 9.60. The van der Waals surface area contributed by atoms with Gasteiger partial charge in [-0.25, -0.2) is 0 Å². The minimum atomic E-state index is 0.370. The van der Waals surface area contributed by atoms with Gasteiger partial charge in [-0.3, -0.25) is 0 Å². The number of benzene rings is 2. The van der Waals surface area contributed by atoms with Crippen LogP contribution in [0.4, 0.5) is 0 Å². The summed E-state index contributed by atoms with van der Waals surface area (Å²) in [7, 11) is 2.03. The van der Waals surface area contributed by atoms with E-state index in [0.717, 1.165) is 6.42 Å². The van der Waals surface area contributed by atoms with Gasteiger partial charge in [0.05, 0.1) is 0 Å².